The van der Waals surface area contributed by atoms with Crippen molar-refractivity contribution in [1.29, 1.82) is 0 Å². The first-order chi connectivity index (χ1) is 19.3. The summed E-state index contributed by atoms with van der Waals surface area (Å²) in [5.74, 6) is 0.438. The Morgan fingerprint density at radius 3 is 1.51 bits per heavy atom. The summed E-state index contributed by atoms with van der Waals surface area (Å²) in [4.78, 5) is 51.1. The molecule has 0 aliphatic carbocycles. The van der Waals surface area contributed by atoms with Crippen molar-refractivity contribution in [3.8, 4) is 0 Å². The van der Waals surface area contributed by atoms with Crippen LogP contribution in [0.2, 0.25) is 5.15 Å². The van der Waals surface area contributed by atoms with Crippen molar-refractivity contribution in [3.05, 3.63) is 131 Å². The van der Waals surface area contributed by atoms with Crippen LogP contribution in [0.15, 0.2) is 92.0 Å². The second-order valence-corrected chi connectivity index (χ2v) is 10.4. The predicted molar refractivity (Wildman–Crippen MR) is 166 cm³/mol. The van der Waals surface area contributed by atoms with E-state index >= 15 is 0 Å². The van der Waals surface area contributed by atoms with Crippen LogP contribution in [0.5, 0.6) is 0 Å². The molecule has 0 saturated heterocycles. The van der Waals surface area contributed by atoms with Crippen molar-refractivity contribution in [1.82, 2.24) is 19.1 Å². The summed E-state index contributed by atoms with van der Waals surface area (Å²) in [5.41, 5.74) is 6.35. The number of aromatic nitrogens is 4. The molecule has 11 heteroatoms. The van der Waals surface area contributed by atoms with E-state index in [1.807, 2.05) is 74.5 Å². The van der Waals surface area contributed by atoms with Gasteiger partial charge in [-0.2, -0.15) is 0 Å². The van der Waals surface area contributed by atoms with Crippen molar-refractivity contribution in [2.75, 3.05) is 5.32 Å². The molecule has 0 aliphatic rings. The van der Waals surface area contributed by atoms with Crippen molar-refractivity contribution >= 4 is 17.4 Å². The van der Waals surface area contributed by atoms with Gasteiger partial charge in [0.1, 0.15) is 11.0 Å². The van der Waals surface area contributed by atoms with Gasteiger partial charge >= 0.3 is 11.4 Å². The number of benzene rings is 2. The number of nitrogens with one attached hydrogen (secondary N) is 3. The molecule has 4 rings (SSSR count). The fourth-order valence-electron chi connectivity index (χ4n) is 3.85. The molecular formula is C30H39ClN6O4. The van der Waals surface area contributed by atoms with Gasteiger partial charge in [-0.15, -0.1) is 0 Å². The van der Waals surface area contributed by atoms with Crippen LogP contribution >= 0.6 is 11.6 Å². The second kappa shape index (κ2) is 15.6. The minimum atomic E-state index is -0.470. The zero-order valence-corrected chi connectivity index (χ0v) is 25.0. The lowest BCUT2D eigenvalue weighted by Gasteiger charge is -2.16. The number of halogens is 1. The molecule has 2 aromatic heterocycles. The fourth-order valence-corrected chi connectivity index (χ4v) is 4.03. The fraction of sp³-hybridized carbons (Fsp3) is 0.333. The maximum absolute atomic E-state index is 11.9. The molecule has 0 aliphatic heterocycles. The Bertz CT molecular complexity index is 1540. The lowest BCUT2D eigenvalue weighted by molar-refractivity contribution is 0.546. The Hall–Kier alpha value is -4.15. The van der Waals surface area contributed by atoms with E-state index in [0.717, 1.165) is 10.1 Å². The molecule has 4 aromatic rings. The van der Waals surface area contributed by atoms with E-state index < -0.39 is 11.4 Å². The summed E-state index contributed by atoms with van der Waals surface area (Å²) in [5, 5.41) is 3.21. The first-order valence-corrected chi connectivity index (χ1v) is 13.7. The highest BCUT2D eigenvalue weighted by atomic mass is 35.5. The Morgan fingerprint density at radius 2 is 1.12 bits per heavy atom. The second-order valence-electron chi connectivity index (χ2n) is 9.99. The Kier molecular flexibility index (Phi) is 12.6. The number of H-pyrrole nitrogens is 2. The molecular weight excluding hydrogens is 544 g/mol. The third-order valence-electron chi connectivity index (χ3n) is 5.93. The van der Waals surface area contributed by atoms with E-state index in [4.69, 9.17) is 17.3 Å². The average molecular weight is 583 g/mol. The van der Waals surface area contributed by atoms with Crippen LogP contribution in [0.3, 0.4) is 0 Å². The molecule has 0 bridgehead atoms. The Balaban J connectivity index is 0.000000237. The first kappa shape index (κ1) is 33.1. The van der Waals surface area contributed by atoms with Crippen LogP contribution in [0, 0.1) is 0 Å². The summed E-state index contributed by atoms with van der Waals surface area (Å²) < 4.78 is 2.30. The third kappa shape index (κ3) is 10.1. The molecule has 0 fully saturated rings. The molecule has 220 valence electrons. The normalized spacial score (nSPS) is 12.0. The molecule has 2 heterocycles. The van der Waals surface area contributed by atoms with E-state index in [2.05, 4.69) is 15.3 Å². The minimum absolute atomic E-state index is 0.00106. The molecule has 0 unspecified atom stereocenters. The van der Waals surface area contributed by atoms with Gasteiger partial charge in [-0.1, -0.05) is 72.3 Å². The van der Waals surface area contributed by atoms with Crippen molar-refractivity contribution in [3.63, 3.8) is 0 Å². The SMILES string of the molecule is CC(C)n1c(=O)cc(Cl)[nH]c1=O.CC(C)n1c(=O)cc(N[C@@H](C)c2ccccc2)[nH]c1=O.C[C@H](N)c1ccccc1. The highest BCUT2D eigenvalue weighted by Gasteiger charge is 2.10. The lowest BCUT2D eigenvalue weighted by Crippen LogP contribution is -2.36. The monoisotopic (exact) mass is 582 g/mol. The Morgan fingerprint density at radius 1 is 0.683 bits per heavy atom. The molecule has 0 amide bonds. The van der Waals surface area contributed by atoms with E-state index in [1.54, 1.807) is 27.7 Å². The van der Waals surface area contributed by atoms with E-state index in [9.17, 15) is 19.2 Å². The van der Waals surface area contributed by atoms with Crippen LogP contribution in [0.4, 0.5) is 5.82 Å². The van der Waals surface area contributed by atoms with Gasteiger partial charge in [0, 0.05) is 36.3 Å². The van der Waals surface area contributed by atoms with Crippen LogP contribution in [0.1, 0.15) is 76.8 Å². The number of rotatable bonds is 6. The van der Waals surface area contributed by atoms with Gasteiger partial charge in [-0.05, 0) is 52.7 Å². The summed E-state index contributed by atoms with van der Waals surface area (Å²) in [6.45, 7) is 11.1. The number of nitrogens with two attached hydrogens (primary N) is 1. The summed E-state index contributed by atoms with van der Waals surface area (Å²) in [6.07, 6.45) is 0. The maximum atomic E-state index is 11.9. The zero-order valence-electron chi connectivity index (χ0n) is 24.2. The topological polar surface area (TPSA) is 148 Å². The molecule has 5 N–H and O–H groups in total. The molecule has 2 atom stereocenters. The van der Waals surface area contributed by atoms with Crippen molar-refractivity contribution in [2.24, 2.45) is 5.73 Å². The quantitative estimate of drug-likeness (QED) is 0.241. The molecule has 10 nitrogen and oxygen atoms in total. The molecule has 0 radical (unpaired) electrons. The summed E-state index contributed by atoms with van der Waals surface area (Å²) in [7, 11) is 0. The molecule has 2 aromatic carbocycles. The highest BCUT2D eigenvalue weighted by Crippen LogP contribution is 2.15. The van der Waals surface area contributed by atoms with Gasteiger partial charge in [0.05, 0.1) is 0 Å². The van der Waals surface area contributed by atoms with E-state index in [0.29, 0.717) is 5.82 Å². The number of hydrogen-bond donors (Lipinski definition) is 4. The van der Waals surface area contributed by atoms with E-state index in [-0.39, 0.29) is 40.4 Å². The van der Waals surface area contributed by atoms with E-state index in [1.165, 1.54) is 22.3 Å². The number of aromatic amines is 2. The average Bonchev–Trinajstić information content (AvgIpc) is 2.89. The van der Waals surface area contributed by atoms with Crippen LogP contribution in [-0.2, 0) is 0 Å². The minimum Gasteiger partial charge on any atom is -0.365 e. The summed E-state index contributed by atoms with van der Waals surface area (Å²) in [6, 6.07) is 22.3. The van der Waals surface area contributed by atoms with Gasteiger partial charge in [0.25, 0.3) is 11.1 Å². The summed E-state index contributed by atoms with van der Waals surface area (Å²) >= 11 is 5.46. The number of nitrogens with zero attached hydrogens (tertiary/aromatic N) is 2. The number of hydrogen-bond acceptors (Lipinski definition) is 6. The first-order valence-electron chi connectivity index (χ1n) is 13.3. The van der Waals surface area contributed by atoms with Crippen LogP contribution < -0.4 is 33.5 Å². The van der Waals surface area contributed by atoms with Crippen LogP contribution in [0.25, 0.3) is 0 Å². The standard InChI is InChI=1S/C15H19N3O2.C8H11N.C7H9ClN2O2/c1-10(2)18-14(19)9-13(17-15(18)20)16-11(3)12-7-5-4-6-8-12;1-7(9)8-5-3-2-4-6-8;1-4(2)10-6(11)3-5(8)9-7(10)12/h4-11,16H,1-3H3,(H,17,20);2-7H,9H2,1H3;3-4H,1-2H3,(H,9,12)/t11-;7-;/m00./s1. The smallest absolute Gasteiger partial charge is 0.330 e. The zero-order chi connectivity index (χ0) is 30.7. The highest BCUT2D eigenvalue weighted by molar-refractivity contribution is 6.29. The molecule has 0 spiro atoms. The van der Waals surface area contributed by atoms with Crippen LogP contribution in [-0.4, -0.2) is 19.1 Å². The largest absolute Gasteiger partial charge is 0.365 e. The van der Waals surface area contributed by atoms with Gasteiger partial charge < -0.3 is 11.1 Å². The Labute approximate surface area is 243 Å². The van der Waals surface area contributed by atoms with Gasteiger partial charge in [0.2, 0.25) is 0 Å². The van der Waals surface area contributed by atoms with Gasteiger partial charge in [0.15, 0.2) is 0 Å². The van der Waals surface area contributed by atoms with Gasteiger partial charge in [-0.3, -0.25) is 28.7 Å². The predicted octanol–water partition coefficient (Wildman–Crippen LogP) is 4.77. The van der Waals surface area contributed by atoms with Gasteiger partial charge in [-0.25, -0.2) is 9.59 Å². The third-order valence-corrected chi connectivity index (χ3v) is 6.13. The lowest BCUT2D eigenvalue weighted by atomic mass is 10.1. The molecule has 41 heavy (non-hydrogen) atoms. The maximum Gasteiger partial charge on any atom is 0.330 e. The molecule has 0 saturated carbocycles. The van der Waals surface area contributed by atoms with Crippen molar-refractivity contribution < 1.29 is 0 Å². The van der Waals surface area contributed by atoms with Crippen molar-refractivity contribution in [2.45, 2.75) is 65.7 Å². The number of anilines is 1.